The van der Waals surface area contributed by atoms with Crippen LogP contribution in [0.15, 0.2) is 0 Å². The minimum atomic E-state index is 0.186. The van der Waals surface area contributed by atoms with Gasteiger partial charge in [0.05, 0.1) is 6.04 Å². The normalized spacial score (nSPS) is 23.1. The standard InChI is InChI=1S/C11H22N2O/c1-8(2)6-10-7-13(9(3)4)11(14)12(10)5/h8-10H,6-7H2,1-5H3. The Hall–Kier alpha value is -0.730. The molecule has 0 spiro atoms. The van der Waals surface area contributed by atoms with Crippen molar-refractivity contribution in [3.63, 3.8) is 0 Å². The molecule has 3 nitrogen and oxygen atoms in total. The van der Waals surface area contributed by atoms with Crippen LogP contribution in [-0.4, -0.2) is 41.5 Å². The summed E-state index contributed by atoms with van der Waals surface area (Å²) in [4.78, 5) is 15.6. The van der Waals surface area contributed by atoms with E-state index in [4.69, 9.17) is 0 Å². The van der Waals surface area contributed by atoms with E-state index in [9.17, 15) is 4.79 Å². The summed E-state index contributed by atoms with van der Waals surface area (Å²) in [6, 6.07) is 0.915. The van der Waals surface area contributed by atoms with E-state index in [0.29, 0.717) is 18.0 Å². The van der Waals surface area contributed by atoms with Gasteiger partial charge in [-0.1, -0.05) is 13.8 Å². The predicted molar refractivity (Wildman–Crippen MR) is 58.2 cm³/mol. The van der Waals surface area contributed by atoms with Crippen molar-refractivity contribution in [2.45, 2.75) is 46.2 Å². The lowest BCUT2D eigenvalue weighted by molar-refractivity contribution is 0.186. The van der Waals surface area contributed by atoms with Crippen molar-refractivity contribution < 1.29 is 4.79 Å². The first-order chi connectivity index (χ1) is 6.43. The predicted octanol–water partition coefficient (Wildman–Crippen LogP) is 2.18. The Balaban J connectivity index is 2.62. The first kappa shape index (κ1) is 11.3. The van der Waals surface area contributed by atoms with Crippen molar-refractivity contribution >= 4 is 6.03 Å². The summed E-state index contributed by atoms with van der Waals surface area (Å²) in [5.41, 5.74) is 0. The van der Waals surface area contributed by atoms with Crippen molar-refractivity contribution in [2.75, 3.05) is 13.6 Å². The molecule has 14 heavy (non-hydrogen) atoms. The lowest BCUT2D eigenvalue weighted by atomic mass is 10.0. The summed E-state index contributed by atoms with van der Waals surface area (Å²) in [6.07, 6.45) is 1.10. The molecule has 0 aromatic carbocycles. The maximum absolute atomic E-state index is 11.8. The smallest absolute Gasteiger partial charge is 0.320 e. The number of likely N-dealkylation sites (N-methyl/N-ethyl adjacent to an activating group) is 1. The summed E-state index contributed by atoms with van der Waals surface area (Å²) >= 11 is 0. The molecule has 0 aromatic rings. The molecule has 1 aliphatic heterocycles. The topological polar surface area (TPSA) is 23.6 Å². The van der Waals surface area contributed by atoms with Crippen LogP contribution in [0.1, 0.15) is 34.1 Å². The number of rotatable bonds is 3. The Morgan fingerprint density at radius 3 is 2.29 bits per heavy atom. The highest BCUT2D eigenvalue weighted by Gasteiger charge is 2.35. The maximum atomic E-state index is 11.8. The van der Waals surface area contributed by atoms with E-state index in [1.54, 1.807) is 0 Å². The Morgan fingerprint density at radius 2 is 1.93 bits per heavy atom. The third kappa shape index (κ3) is 2.20. The third-order valence-electron chi connectivity index (χ3n) is 2.87. The van der Waals surface area contributed by atoms with Crippen molar-refractivity contribution in [3.8, 4) is 0 Å². The van der Waals surface area contributed by atoms with Crippen LogP contribution in [0.25, 0.3) is 0 Å². The molecule has 1 rings (SSSR count). The fraction of sp³-hybridized carbons (Fsp3) is 0.909. The quantitative estimate of drug-likeness (QED) is 0.682. The summed E-state index contributed by atoms with van der Waals surface area (Å²) in [6.45, 7) is 9.45. The van der Waals surface area contributed by atoms with Crippen molar-refractivity contribution in [2.24, 2.45) is 5.92 Å². The minimum absolute atomic E-state index is 0.186. The number of nitrogens with zero attached hydrogens (tertiary/aromatic N) is 2. The van der Waals surface area contributed by atoms with Crippen LogP contribution in [0.2, 0.25) is 0 Å². The molecule has 1 atom stereocenters. The largest absolute Gasteiger partial charge is 0.323 e. The van der Waals surface area contributed by atoms with Crippen LogP contribution in [-0.2, 0) is 0 Å². The van der Waals surface area contributed by atoms with Gasteiger partial charge in [0.15, 0.2) is 0 Å². The van der Waals surface area contributed by atoms with Gasteiger partial charge in [-0.2, -0.15) is 0 Å². The van der Waals surface area contributed by atoms with Gasteiger partial charge >= 0.3 is 6.03 Å². The van der Waals surface area contributed by atoms with Crippen molar-refractivity contribution in [1.29, 1.82) is 0 Å². The average molecular weight is 198 g/mol. The summed E-state index contributed by atoms with van der Waals surface area (Å²) < 4.78 is 0. The Morgan fingerprint density at radius 1 is 1.36 bits per heavy atom. The van der Waals surface area contributed by atoms with E-state index >= 15 is 0 Å². The second-order valence-electron chi connectivity index (χ2n) is 4.92. The Labute approximate surface area is 87.1 Å². The van der Waals surface area contributed by atoms with Gasteiger partial charge in [-0.05, 0) is 26.2 Å². The molecular formula is C11H22N2O. The van der Waals surface area contributed by atoms with E-state index in [2.05, 4.69) is 27.7 Å². The van der Waals surface area contributed by atoms with Crippen LogP contribution in [0.5, 0.6) is 0 Å². The van der Waals surface area contributed by atoms with Crippen LogP contribution < -0.4 is 0 Å². The van der Waals surface area contributed by atoms with Crippen LogP contribution >= 0.6 is 0 Å². The third-order valence-corrected chi connectivity index (χ3v) is 2.87. The number of urea groups is 1. The van der Waals surface area contributed by atoms with E-state index in [1.807, 2.05) is 16.8 Å². The average Bonchev–Trinajstić information content (AvgIpc) is 2.32. The lowest BCUT2D eigenvalue weighted by Gasteiger charge is -2.19. The first-order valence-electron chi connectivity index (χ1n) is 5.47. The molecule has 1 fully saturated rings. The molecule has 0 saturated carbocycles. The van der Waals surface area contributed by atoms with Crippen LogP contribution in [0, 0.1) is 5.92 Å². The number of hydrogen-bond acceptors (Lipinski definition) is 1. The number of carbonyl (C=O) groups excluding carboxylic acids is 1. The number of amides is 2. The molecule has 1 unspecified atom stereocenters. The van der Waals surface area contributed by atoms with E-state index in [1.165, 1.54) is 0 Å². The van der Waals surface area contributed by atoms with Gasteiger partial charge in [0.25, 0.3) is 0 Å². The highest BCUT2D eigenvalue weighted by Crippen LogP contribution is 2.21. The SMILES string of the molecule is CC(C)CC1CN(C(C)C)C(=O)N1C. The highest BCUT2D eigenvalue weighted by molar-refractivity contribution is 5.77. The Bertz CT molecular complexity index is 213. The monoisotopic (exact) mass is 198 g/mol. The second-order valence-corrected chi connectivity index (χ2v) is 4.92. The summed E-state index contributed by atoms with van der Waals surface area (Å²) in [7, 11) is 1.91. The maximum Gasteiger partial charge on any atom is 0.320 e. The zero-order valence-electron chi connectivity index (χ0n) is 9.95. The summed E-state index contributed by atoms with van der Waals surface area (Å²) in [5.74, 6) is 0.655. The van der Waals surface area contributed by atoms with Crippen molar-refractivity contribution in [1.82, 2.24) is 9.80 Å². The Kier molecular flexibility index (Phi) is 3.40. The zero-order valence-corrected chi connectivity index (χ0v) is 9.95. The second kappa shape index (κ2) is 4.20. The fourth-order valence-corrected chi connectivity index (χ4v) is 1.99. The van der Waals surface area contributed by atoms with Gasteiger partial charge in [0.1, 0.15) is 0 Å². The molecular weight excluding hydrogens is 176 g/mol. The molecule has 1 aliphatic rings. The van der Waals surface area contributed by atoms with Crippen LogP contribution in [0.4, 0.5) is 4.79 Å². The molecule has 1 heterocycles. The van der Waals surface area contributed by atoms with Gasteiger partial charge in [0, 0.05) is 19.6 Å². The van der Waals surface area contributed by atoms with E-state index < -0.39 is 0 Å². The van der Waals surface area contributed by atoms with Gasteiger partial charge < -0.3 is 9.80 Å². The molecule has 2 amide bonds. The molecule has 82 valence electrons. The first-order valence-corrected chi connectivity index (χ1v) is 5.47. The van der Waals surface area contributed by atoms with E-state index in [-0.39, 0.29) is 6.03 Å². The molecule has 3 heteroatoms. The van der Waals surface area contributed by atoms with E-state index in [0.717, 1.165) is 13.0 Å². The summed E-state index contributed by atoms with van der Waals surface area (Å²) in [5, 5.41) is 0. The van der Waals surface area contributed by atoms with Crippen LogP contribution in [0.3, 0.4) is 0 Å². The van der Waals surface area contributed by atoms with Gasteiger partial charge in [-0.15, -0.1) is 0 Å². The highest BCUT2D eigenvalue weighted by atomic mass is 16.2. The molecule has 0 radical (unpaired) electrons. The van der Waals surface area contributed by atoms with Gasteiger partial charge in [-0.3, -0.25) is 0 Å². The number of carbonyl (C=O) groups is 1. The zero-order chi connectivity index (χ0) is 10.9. The molecule has 0 aliphatic carbocycles. The lowest BCUT2D eigenvalue weighted by Crippen LogP contribution is -2.34. The number of hydrogen-bond donors (Lipinski definition) is 0. The van der Waals surface area contributed by atoms with Gasteiger partial charge in [0.2, 0.25) is 0 Å². The molecule has 0 aromatic heterocycles. The van der Waals surface area contributed by atoms with Gasteiger partial charge in [-0.25, -0.2) is 4.79 Å². The molecule has 1 saturated heterocycles. The molecule has 0 bridgehead atoms. The fourth-order valence-electron chi connectivity index (χ4n) is 1.99. The minimum Gasteiger partial charge on any atom is -0.323 e. The molecule has 0 N–H and O–H groups in total. The van der Waals surface area contributed by atoms with Crippen molar-refractivity contribution in [3.05, 3.63) is 0 Å².